The summed E-state index contributed by atoms with van der Waals surface area (Å²) >= 11 is 6.12. The molecule has 3 nitrogen and oxygen atoms in total. The maximum Gasteiger partial charge on any atom is 0.159 e. The first-order chi connectivity index (χ1) is 10.1. The first kappa shape index (κ1) is 14.0. The Morgan fingerprint density at radius 3 is 2.76 bits per heavy atom. The Labute approximate surface area is 128 Å². The van der Waals surface area contributed by atoms with Crippen LogP contribution in [0.15, 0.2) is 36.4 Å². The van der Waals surface area contributed by atoms with Gasteiger partial charge in [0.25, 0.3) is 0 Å². The number of benzene rings is 2. The van der Waals surface area contributed by atoms with Gasteiger partial charge in [0, 0.05) is 22.6 Å². The van der Waals surface area contributed by atoms with Crippen molar-refractivity contribution in [3.05, 3.63) is 58.1 Å². The van der Waals surface area contributed by atoms with E-state index in [0.717, 1.165) is 23.3 Å². The zero-order chi connectivity index (χ0) is 14.8. The van der Waals surface area contributed by atoms with Crippen LogP contribution in [-0.2, 0) is 13.0 Å². The summed E-state index contributed by atoms with van der Waals surface area (Å²) in [5.41, 5.74) is 2.76. The standard InChI is InChI=1S/C17H15ClO3/c1-11(19)12-2-4-16(5-3-12)21-10-14-9-15(18)8-13-6-7-20-17(13)14/h2-5,8-9H,6-7,10H2,1H3. The zero-order valence-corrected chi connectivity index (χ0v) is 12.4. The third kappa shape index (κ3) is 3.03. The predicted octanol–water partition coefficient (Wildman–Crippen LogP) is 4.06. The van der Waals surface area contributed by atoms with Gasteiger partial charge in [-0.25, -0.2) is 0 Å². The summed E-state index contributed by atoms with van der Waals surface area (Å²) in [5.74, 6) is 1.65. The van der Waals surface area contributed by atoms with E-state index in [1.54, 1.807) is 31.2 Å². The fraction of sp³-hybridized carbons (Fsp3) is 0.235. The molecule has 0 N–H and O–H groups in total. The van der Waals surface area contributed by atoms with Crippen molar-refractivity contribution in [2.24, 2.45) is 0 Å². The topological polar surface area (TPSA) is 35.5 Å². The van der Waals surface area contributed by atoms with Gasteiger partial charge in [0.05, 0.1) is 6.61 Å². The van der Waals surface area contributed by atoms with Crippen LogP contribution < -0.4 is 9.47 Å². The molecule has 0 saturated carbocycles. The van der Waals surface area contributed by atoms with E-state index in [4.69, 9.17) is 21.1 Å². The zero-order valence-electron chi connectivity index (χ0n) is 11.7. The minimum absolute atomic E-state index is 0.0441. The molecule has 21 heavy (non-hydrogen) atoms. The fourth-order valence-corrected chi connectivity index (χ4v) is 2.66. The highest BCUT2D eigenvalue weighted by Crippen LogP contribution is 2.33. The second-order valence-corrected chi connectivity index (χ2v) is 5.46. The van der Waals surface area contributed by atoms with Crippen LogP contribution in [0.25, 0.3) is 0 Å². The van der Waals surface area contributed by atoms with Gasteiger partial charge in [-0.3, -0.25) is 4.79 Å². The molecule has 0 bridgehead atoms. The van der Waals surface area contributed by atoms with Gasteiger partial charge in [-0.15, -0.1) is 0 Å². The minimum Gasteiger partial charge on any atom is -0.493 e. The van der Waals surface area contributed by atoms with Gasteiger partial charge < -0.3 is 9.47 Å². The van der Waals surface area contributed by atoms with Crippen molar-refractivity contribution in [1.82, 2.24) is 0 Å². The number of ether oxygens (including phenoxy) is 2. The summed E-state index contributed by atoms with van der Waals surface area (Å²) < 4.78 is 11.4. The molecule has 0 amide bonds. The highest BCUT2D eigenvalue weighted by Gasteiger charge is 2.17. The second-order valence-electron chi connectivity index (χ2n) is 5.02. The maximum absolute atomic E-state index is 11.2. The molecule has 2 aromatic carbocycles. The molecular formula is C17H15ClO3. The van der Waals surface area contributed by atoms with Gasteiger partial charge >= 0.3 is 0 Å². The summed E-state index contributed by atoms with van der Waals surface area (Å²) in [5, 5.41) is 0.699. The Kier molecular flexibility index (Phi) is 3.84. The van der Waals surface area contributed by atoms with Crippen molar-refractivity contribution in [1.29, 1.82) is 0 Å². The number of ketones is 1. The third-order valence-corrected chi connectivity index (χ3v) is 3.70. The summed E-state index contributed by atoms with van der Waals surface area (Å²) in [6, 6.07) is 10.9. The molecule has 1 aliphatic heterocycles. The number of rotatable bonds is 4. The molecule has 3 rings (SSSR count). The van der Waals surface area contributed by atoms with Crippen molar-refractivity contribution >= 4 is 17.4 Å². The average molecular weight is 303 g/mol. The summed E-state index contributed by atoms with van der Waals surface area (Å²) in [6.07, 6.45) is 0.885. The van der Waals surface area contributed by atoms with E-state index in [1.165, 1.54) is 0 Å². The van der Waals surface area contributed by atoms with Crippen molar-refractivity contribution in [2.75, 3.05) is 6.61 Å². The Bertz CT molecular complexity index is 677. The summed E-state index contributed by atoms with van der Waals surface area (Å²) in [4.78, 5) is 11.2. The smallest absolute Gasteiger partial charge is 0.159 e. The van der Waals surface area contributed by atoms with Gasteiger partial charge in [-0.1, -0.05) is 11.6 Å². The van der Waals surface area contributed by atoms with Gasteiger partial charge in [-0.05, 0) is 48.9 Å². The number of Topliss-reactive ketones (excluding diaryl/α,β-unsaturated/α-hetero) is 1. The third-order valence-electron chi connectivity index (χ3n) is 3.48. The van der Waals surface area contributed by atoms with E-state index in [9.17, 15) is 4.79 Å². The largest absolute Gasteiger partial charge is 0.493 e. The molecule has 0 saturated heterocycles. The summed E-state index contributed by atoms with van der Waals surface area (Å²) in [7, 11) is 0. The van der Waals surface area contributed by atoms with Gasteiger partial charge in [0.1, 0.15) is 18.1 Å². The SMILES string of the molecule is CC(=O)c1ccc(OCc2cc(Cl)cc3c2OCC3)cc1. The monoisotopic (exact) mass is 302 g/mol. The first-order valence-electron chi connectivity index (χ1n) is 6.81. The van der Waals surface area contributed by atoms with Crippen molar-refractivity contribution in [2.45, 2.75) is 20.0 Å². The molecule has 108 valence electrons. The van der Waals surface area contributed by atoms with Crippen LogP contribution in [0.5, 0.6) is 11.5 Å². The molecule has 0 aromatic heterocycles. The average Bonchev–Trinajstić information content (AvgIpc) is 2.93. The lowest BCUT2D eigenvalue weighted by molar-refractivity contribution is 0.101. The Hall–Kier alpha value is -2.00. The lowest BCUT2D eigenvalue weighted by atomic mass is 10.1. The van der Waals surface area contributed by atoms with Crippen LogP contribution in [0.1, 0.15) is 28.4 Å². The molecule has 0 radical (unpaired) electrons. The molecule has 0 unspecified atom stereocenters. The lowest BCUT2D eigenvalue weighted by Crippen LogP contribution is -1.99. The Morgan fingerprint density at radius 1 is 1.29 bits per heavy atom. The Morgan fingerprint density at radius 2 is 2.05 bits per heavy atom. The van der Waals surface area contributed by atoms with E-state index < -0.39 is 0 Å². The van der Waals surface area contributed by atoms with Crippen molar-refractivity contribution in [3.63, 3.8) is 0 Å². The van der Waals surface area contributed by atoms with E-state index in [1.807, 2.05) is 12.1 Å². The maximum atomic E-state index is 11.2. The number of hydrogen-bond acceptors (Lipinski definition) is 3. The highest BCUT2D eigenvalue weighted by atomic mass is 35.5. The minimum atomic E-state index is 0.0441. The van der Waals surface area contributed by atoms with Crippen LogP contribution >= 0.6 is 11.6 Å². The molecule has 4 heteroatoms. The number of halogens is 1. The molecule has 0 spiro atoms. The van der Waals surface area contributed by atoms with E-state index in [0.29, 0.717) is 29.5 Å². The molecule has 1 heterocycles. The Balaban J connectivity index is 1.75. The second kappa shape index (κ2) is 5.78. The van der Waals surface area contributed by atoms with E-state index in [-0.39, 0.29) is 5.78 Å². The molecular weight excluding hydrogens is 288 g/mol. The van der Waals surface area contributed by atoms with Crippen LogP contribution in [0.4, 0.5) is 0 Å². The van der Waals surface area contributed by atoms with E-state index >= 15 is 0 Å². The first-order valence-corrected chi connectivity index (χ1v) is 7.19. The van der Waals surface area contributed by atoms with Crippen molar-refractivity contribution in [3.8, 4) is 11.5 Å². The molecule has 0 aliphatic carbocycles. The van der Waals surface area contributed by atoms with Crippen LogP contribution in [-0.4, -0.2) is 12.4 Å². The number of fused-ring (bicyclic) bond motifs is 1. The number of carbonyl (C=O) groups excluding carboxylic acids is 1. The van der Waals surface area contributed by atoms with Crippen molar-refractivity contribution < 1.29 is 14.3 Å². The van der Waals surface area contributed by atoms with Gasteiger partial charge in [0.2, 0.25) is 0 Å². The quantitative estimate of drug-likeness (QED) is 0.799. The number of carbonyl (C=O) groups is 1. The summed E-state index contributed by atoms with van der Waals surface area (Å²) in [6.45, 7) is 2.63. The normalized spacial score (nSPS) is 12.7. The van der Waals surface area contributed by atoms with Crippen LogP contribution in [0.3, 0.4) is 0 Å². The van der Waals surface area contributed by atoms with E-state index in [2.05, 4.69) is 0 Å². The molecule has 0 atom stereocenters. The molecule has 1 aliphatic rings. The van der Waals surface area contributed by atoms with Crippen LogP contribution in [0.2, 0.25) is 5.02 Å². The predicted molar refractivity (Wildman–Crippen MR) is 81.4 cm³/mol. The molecule has 0 fully saturated rings. The van der Waals surface area contributed by atoms with Crippen LogP contribution in [0, 0.1) is 0 Å². The molecule has 2 aromatic rings. The van der Waals surface area contributed by atoms with Gasteiger partial charge in [0.15, 0.2) is 5.78 Å². The highest BCUT2D eigenvalue weighted by molar-refractivity contribution is 6.30. The van der Waals surface area contributed by atoms with Gasteiger partial charge in [-0.2, -0.15) is 0 Å². The fourth-order valence-electron chi connectivity index (χ4n) is 2.40. The number of hydrogen-bond donors (Lipinski definition) is 0. The lowest BCUT2D eigenvalue weighted by Gasteiger charge is -2.11.